The van der Waals surface area contributed by atoms with E-state index in [1.54, 1.807) is 25.5 Å². The van der Waals surface area contributed by atoms with Gasteiger partial charge in [-0.2, -0.15) is 0 Å². The first-order valence-corrected chi connectivity index (χ1v) is 9.25. The number of likely N-dealkylation sites (tertiary alicyclic amines) is 1. The lowest BCUT2D eigenvalue weighted by molar-refractivity contribution is -0.117. The van der Waals surface area contributed by atoms with Crippen LogP contribution in [0.15, 0.2) is 51.5 Å². The van der Waals surface area contributed by atoms with E-state index in [1.165, 1.54) is 0 Å². The highest BCUT2D eigenvalue weighted by Crippen LogP contribution is 2.29. The normalized spacial score (nSPS) is 15.5. The van der Waals surface area contributed by atoms with Crippen LogP contribution in [0.25, 0.3) is 11.7 Å². The minimum Gasteiger partial charge on any atom is -0.497 e. The molecule has 1 aliphatic rings. The number of anilines is 1. The molecule has 1 N–H and O–H groups in total. The number of carbonyl (C=O) groups is 1. The van der Waals surface area contributed by atoms with Crippen molar-refractivity contribution in [3.05, 3.63) is 48.6 Å². The highest BCUT2D eigenvalue weighted by atomic mass is 16.5. The average molecular weight is 382 g/mol. The Morgan fingerprint density at radius 2 is 2.00 bits per heavy atom. The number of carbonyl (C=O) groups excluding carboxylic acids is 1. The lowest BCUT2D eigenvalue weighted by atomic mass is 9.97. The van der Waals surface area contributed by atoms with E-state index in [9.17, 15) is 4.79 Å². The summed E-state index contributed by atoms with van der Waals surface area (Å²) in [6, 6.07) is 10.9. The number of nitrogens with zero attached hydrogens (tertiary/aromatic N) is 3. The number of methoxy groups -OCH3 is 1. The van der Waals surface area contributed by atoms with Crippen molar-refractivity contribution in [3.8, 4) is 17.4 Å². The summed E-state index contributed by atoms with van der Waals surface area (Å²) in [5.41, 5.74) is 0.761. The Morgan fingerprint density at radius 1 is 1.21 bits per heavy atom. The lowest BCUT2D eigenvalue weighted by Gasteiger charge is -2.29. The molecule has 0 radical (unpaired) electrons. The van der Waals surface area contributed by atoms with Gasteiger partial charge < -0.3 is 18.9 Å². The van der Waals surface area contributed by atoms with E-state index in [0.29, 0.717) is 24.1 Å². The van der Waals surface area contributed by atoms with E-state index in [0.717, 1.165) is 37.4 Å². The van der Waals surface area contributed by atoms with Crippen LogP contribution in [0.2, 0.25) is 0 Å². The second-order valence-electron chi connectivity index (χ2n) is 6.75. The fraction of sp³-hybridized carbons (Fsp3) is 0.350. The fourth-order valence-electron chi connectivity index (χ4n) is 3.32. The number of furan rings is 1. The van der Waals surface area contributed by atoms with Crippen LogP contribution in [0, 0.1) is 0 Å². The molecule has 3 aromatic rings. The summed E-state index contributed by atoms with van der Waals surface area (Å²) in [5.74, 6) is 2.55. The Hall–Kier alpha value is -3.13. The molecule has 0 spiro atoms. The second-order valence-corrected chi connectivity index (χ2v) is 6.75. The second kappa shape index (κ2) is 8.26. The molecule has 3 heterocycles. The molecule has 1 aromatic carbocycles. The van der Waals surface area contributed by atoms with Crippen LogP contribution in [-0.4, -0.2) is 47.7 Å². The predicted octanol–water partition coefficient (Wildman–Crippen LogP) is 3.16. The maximum Gasteiger partial charge on any atom is 0.283 e. The molecule has 1 amide bonds. The Balaban J connectivity index is 1.26. The Bertz CT molecular complexity index is 897. The van der Waals surface area contributed by atoms with Crippen molar-refractivity contribution in [1.29, 1.82) is 0 Å². The predicted molar refractivity (Wildman–Crippen MR) is 102 cm³/mol. The van der Waals surface area contributed by atoms with E-state index in [2.05, 4.69) is 20.4 Å². The molecular formula is C20H22N4O4. The van der Waals surface area contributed by atoms with E-state index in [-0.39, 0.29) is 11.8 Å². The van der Waals surface area contributed by atoms with Gasteiger partial charge in [-0.1, -0.05) is 0 Å². The van der Waals surface area contributed by atoms with E-state index in [1.807, 2.05) is 24.3 Å². The maximum atomic E-state index is 12.3. The van der Waals surface area contributed by atoms with Crippen LogP contribution >= 0.6 is 0 Å². The summed E-state index contributed by atoms with van der Waals surface area (Å²) in [5, 5.41) is 11.1. The van der Waals surface area contributed by atoms with Gasteiger partial charge in [-0.15, -0.1) is 10.2 Å². The third-order valence-electron chi connectivity index (χ3n) is 4.85. The van der Waals surface area contributed by atoms with Gasteiger partial charge >= 0.3 is 0 Å². The third-order valence-corrected chi connectivity index (χ3v) is 4.85. The van der Waals surface area contributed by atoms with Crippen molar-refractivity contribution in [1.82, 2.24) is 15.1 Å². The van der Waals surface area contributed by atoms with Crippen LogP contribution in [0.1, 0.15) is 24.7 Å². The maximum absolute atomic E-state index is 12.3. The molecule has 8 heteroatoms. The molecule has 0 aliphatic carbocycles. The van der Waals surface area contributed by atoms with Gasteiger partial charge in [0, 0.05) is 11.6 Å². The largest absolute Gasteiger partial charge is 0.497 e. The summed E-state index contributed by atoms with van der Waals surface area (Å²) >= 11 is 0. The molecule has 28 heavy (non-hydrogen) atoms. The Labute approximate surface area is 162 Å². The number of benzene rings is 1. The van der Waals surface area contributed by atoms with Gasteiger partial charge in [-0.25, -0.2) is 0 Å². The van der Waals surface area contributed by atoms with E-state index >= 15 is 0 Å². The van der Waals surface area contributed by atoms with Gasteiger partial charge in [0.05, 0.1) is 19.9 Å². The third kappa shape index (κ3) is 4.23. The van der Waals surface area contributed by atoms with Crippen molar-refractivity contribution in [2.45, 2.75) is 18.8 Å². The average Bonchev–Trinajstić information content (AvgIpc) is 3.41. The van der Waals surface area contributed by atoms with Gasteiger partial charge in [0.2, 0.25) is 11.8 Å². The molecule has 0 bridgehead atoms. The summed E-state index contributed by atoms with van der Waals surface area (Å²) < 4.78 is 16.2. The lowest BCUT2D eigenvalue weighted by Crippen LogP contribution is -2.38. The smallest absolute Gasteiger partial charge is 0.283 e. The topological polar surface area (TPSA) is 93.6 Å². The number of ether oxygens (including phenoxy) is 1. The summed E-state index contributed by atoms with van der Waals surface area (Å²) in [7, 11) is 1.61. The number of piperidine rings is 1. The van der Waals surface area contributed by atoms with Crippen LogP contribution in [0.4, 0.5) is 5.69 Å². The Kier molecular flexibility index (Phi) is 5.38. The molecular weight excluding hydrogens is 360 g/mol. The first-order chi connectivity index (χ1) is 13.7. The van der Waals surface area contributed by atoms with Gasteiger partial charge in [-0.05, 0) is 62.3 Å². The van der Waals surface area contributed by atoms with Crippen molar-refractivity contribution >= 4 is 11.6 Å². The van der Waals surface area contributed by atoms with Crippen molar-refractivity contribution in [3.63, 3.8) is 0 Å². The summed E-state index contributed by atoms with van der Waals surface area (Å²) in [4.78, 5) is 14.4. The highest BCUT2D eigenvalue weighted by molar-refractivity contribution is 5.92. The van der Waals surface area contributed by atoms with Gasteiger partial charge in [0.15, 0.2) is 5.76 Å². The number of amides is 1. The molecule has 146 valence electrons. The molecule has 1 saturated heterocycles. The van der Waals surface area contributed by atoms with Gasteiger partial charge in [-0.3, -0.25) is 9.69 Å². The molecule has 1 fully saturated rings. The Morgan fingerprint density at radius 3 is 2.68 bits per heavy atom. The zero-order valence-electron chi connectivity index (χ0n) is 15.6. The number of aromatic nitrogens is 2. The molecule has 8 nitrogen and oxygen atoms in total. The molecule has 0 unspecified atom stereocenters. The first-order valence-electron chi connectivity index (χ1n) is 9.25. The highest BCUT2D eigenvalue weighted by Gasteiger charge is 2.26. The SMILES string of the molecule is COc1ccc(NC(=O)CN2CCC(c3nnc(-c4ccco4)o3)CC2)cc1. The quantitative estimate of drug-likeness (QED) is 0.700. The number of rotatable bonds is 6. The minimum atomic E-state index is -0.0264. The van der Waals surface area contributed by atoms with Gasteiger partial charge in [0.25, 0.3) is 5.89 Å². The number of nitrogens with one attached hydrogen (secondary N) is 1. The van der Waals surface area contributed by atoms with Crippen molar-refractivity contribution in [2.75, 3.05) is 32.1 Å². The monoisotopic (exact) mass is 382 g/mol. The van der Waals surface area contributed by atoms with Crippen LogP contribution in [-0.2, 0) is 4.79 Å². The molecule has 0 saturated carbocycles. The standard InChI is InChI=1S/C20H22N4O4/c1-26-16-6-4-15(5-7-16)21-18(25)13-24-10-8-14(9-11-24)19-22-23-20(28-19)17-3-2-12-27-17/h2-7,12,14H,8-11,13H2,1H3,(H,21,25). The van der Waals surface area contributed by atoms with Crippen LogP contribution < -0.4 is 10.1 Å². The molecule has 4 rings (SSSR count). The van der Waals surface area contributed by atoms with Gasteiger partial charge in [0.1, 0.15) is 5.75 Å². The first kappa shape index (κ1) is 18.2. The van der Waals surface area contributed by atoms with E-state index < -0.39 is 0 Å². The van der Waals surface area contributed by atoms with Crippen molar-refractivity contribution < 1.29 is 18.4 Å². The van der Waals surface area contributed by atoms with Crippen LogP contribution in [0.5, 0.6) is 5.75 Å². The fourth-order valence-corrected chi connectivity index (χ4v) is 3.32. The summed E-state index contributed by atoms with van der Waals surface area (Å²) in [6.45, 7) is 1.97. The number of hydrogen-bond acceptors (Lipinski definition) is 7. The van der Waals surface area contributed by atoms with Crippen molar-refractivity contribution in [2.24, 2.45) is 0 Å². The zero-order chi connectivity index (χ0) is 19.3. The minimum absolute atomic E-state index is 0.0264. The number of hydrogen-bond donors (Lipinski definition) is 1. The molecule has 2 aromatic heterocycles. The molecule has 1 aliphatic heterocycles. The zero-order valence-corrected chi connectivity index (χ0v) is 15.6. The van der Waals surface area contributed by atoms with E-state index in [4.69, 9.17) is 13.6 Å². The molecule has 0 atom stereocenters. The summed E-state index contributed by atoms with van der Waals surface area (Å²) in [6.07, 6.45) is 3.32. The van der Waals surface area contributed by atoms with Crippen LogP contribution in [0.3, 0.4) is 0 Å².